The first-order chi connectivity index (χ1) is 12.5. The molecule has 0 radical (unpaired) electrons. The van der Waals surface area contributed by atoms with Gasteiger partial charge in [-0.15, -0.1) is 0 Å². The Balaban J connectivity index is 1.57. The van der Waals surface area contributed by atoms with Crippen molar-refractivity contribution in [3.05, 3.63) is 87.2 Å². The number of hydrogen-bond acceptors (Lipinski definition) is 3. The SMILES string of the molecule is O=C(Nc1ccc(CNC(=O)c2ccc(Br)cc2Cl)cc1)c1ccco1. The van der Waals surface area contributed by atoms with Gasteiger partial charge in [0.1, 0.15) is 0 Å². The molecule has 0 unspecified atom stereocenters. The summed E-state index contributed by atoms with van der Waals surface area (Å²) >= 11 is 9.38. The third kappa shape index (κ3) is 4.53. The van der Waals surface area contributed by atoms with E-state index in [1.807, 2.05) is 12.1 Å². The molecule has 0 aliphatic carbocycles. The molecule has 0 atom stereocenters. The molecule has 26 heavy (non-hydrogen) atoms. The van der Waals surface area contributed by atoms with E-state index < -0.39 is 0 Å². The van der Waals surface area contributed by atoms with Crippen molar-refractivity contribution >= 4 is 45.0 Å². The van der Waals surface area contributed by atoms with Crippen molar-refractivity contribution in [2.75, 3.05) is 5.32 Å². The minimum Gasteiger partial charge on any atom is -0.459 e. The van der Waals surface area contributed by atoms with Gasteiger partial charge < -0.3 is 15.1 Å². The van der Waals surface area contributed by atoms with Crippen molar-refractivity contribution in [3.8, 4) is 0 Å². The van der Waals surface area contributed by atoms with Gasteiger partial charge in [0.2, 0.25) is 0 Å². The number of furan rings is 1. The highest BCUT2D eigenvalue weighted by atomic mass is 79.9. The number of hydrogen-bond donors (Lipinski definition) is 2. The summed E-state index contributed by atoms with van der Waals surface area (Å²) in [5.41, 5.74) is 1.94. The molecule has 1 aromatic heterocycles. The van der Waals surface area contributed by atoms with Gasteiger partial charge in [-0.2, -0.15) is 0 Å². The Morgan fingerprint density at radius 3 is 2.46 bits per heavy atom. The van der Waals surface area contributed by atoms with Crippen molar-refractivity contribution in [2.24, 2.45) is 0 Å². The fraction of sp³-hybridized carbons (Fsp3) is 0.0526. The molecule has 1 heterocycles. The highest BCUT2D eigenvalue weighted by molar-refractivity contribution is 9.10. The van der Waals surface area contributed by atoms with Gasteiger partial charge >= 0.3 is 0 Å². The lowest BCUT2D eigenvalue weighted by Gasteiger charge is -2.08. The van der Waals surface area contributed by atoms with Crippen LogP contribution >= 0.6 is 27.5 Å². The maximum absolute atomic E-state index is 12.2. The van der Waals surface area contributed by atoms with E-state index in [1.165, 1.54) is 6.26 Å². The van der Waals surface area contributed by atoms with Crippen LogP contribution in [0.1, 0.15) is 26.5 Å². The van der Waals surface area contributed by atoms with Crippen LogP contribution in [0.4, 0.5) is 5.69 Å². The smallest absolute Gasteiger partial charge is 0.291 e. The maximum Gasteiger partial charge on any atom is 0.291 e. The van der Waals surface area contributed by atoms with Crippen molar-refractivity contribution in [1.29, 1.82) is 0 Å². The number of halogens is 2. The van der Waals surface area contributed by atoms with E-state index in [0.717, 1.165) is 10.0 Å². The fourth-order valence-corrected chi connectivity index (χ4v) is 3.02. The molecule has 2 N–H and O–H groups in total. The van der Waals surface area contributed by atoms with Crippen LogP contribution in [0.15, 0.2) is 69.8 Å². The zero-order valence-electron chi connectivity index (χ0n) is 13.5. The summed E-state index contributed by atoms with van der Waals surface area (Å²) in [6.07, 6.45) is 1.44. The largest absolute Gasteiger partial charge is 0.459 e. The molecule has 3 rings (SSSR count). The van der Waals surface area contributed by atoms with E-state index >= 15 is 0 Å². The Morgan fingerprint density at radius 1 is 1.04 bits per heavy atom. The Labute approximate surface area is 163 Å². The summed E-state index contributed by atoms with van der Waals surface area (Å²) in [4.78, 5) is 24.1. The minimum atomic E-state index is -0.319. The Bertz CT molecular complexity index is 924. The summed E-state index contributed by atoms with van der Waals surface area (Å²) in [6.45, 7) is 0.345. The fourth-order valence-electron chi connectivity index (χ4n) is 2.26. The van der Waals surface area contributed by atoms with E-state index in [4.69, 9.17) is 16.0 Å². The average Bonchev–Trinajstić information content (AvgIpc) is 3.16. The lowest BCUT2D eigenvalue weighted by Crippen LogP contribution is -2.23. The third-order valence-corrected chi connectivity index (χ3v) is 4.39. The zero-order chi connectivity index (χ0) is 18.5. The zero-order valence-corrected chi connectivity index (χ0v) is 15.8. The number of amides is 2. The predicted molar refractivity (Wildman–Crippen MR) is 103 cm³/mol. The third-order valence-electron chi connectivity index (χ3n) is 3.59. The molecular weight excluding hydrogens is 420 g/mol. The number of carbonyl (C=O) groups excluding carboxylic acids is 2. The van der Waals surface area contributed by atoms with E-state index in [9.17, 15) is 9.59 Å². The number of carbonyl (C=O) groups is 2. The van der Waals surface area contributed by atoms with Gasteiger partial charge in [-0.1, -0.05) is 39.7 Å². The molecule has 2 amide bonds. The lowest BCUT2D eigenvalue weighted by atomic mass is 10.1. The molecule has 0 saturated carbocycles. The molecule has 0 aliphatic heterocycles. The molecule has 2 aromatic carbocycles. The second kappa shape index (κ2) is 8.21. The van der Waals surface area contributed by atoms with E-state index in [2.05, 4.69) is 26.6 Å². The van der Waals surface area contributed by atoms with Crippen molar-refractivity contribution in [3.63, 3.8) is 0 Å². The van der Waals surface area contributed by atoms with Gasteiger partial charge in [0.05, 0.1) is 16.8 Å². The summed E-state index contributed by atoms with van der Waals surface area (Å²) in [7, 11) is 0. The van der Waals surface area contributed by atoms with Crippen LogP contribution in [0.2, 0.25) is 5.02 Å². The van der Waals surface area contributed by atoms with Crippen LogP contribution in [0.25, 0.3) is 0 Å². The van der Waals surface area contributed by atoms with Crippen LogP contribution in [-0.2, 0) is 6.54 Å². The topological polar surface area (TPSA) is 71.3 Å². The first kappa shape index (κ1) is 18.2. The molecular formula is C19H14BrClN2O3. The first-order valence-corrected chi connectivity index (χ1v) is 8.87. The molecule has 0 aliphatic rings. The molecule has 0 spiro atoms. The monoisotopic (exact) mass is 432 g/mol. The molecule has 0 bridgehead atoms. The van der Waals surface area contributed by atoms with Gasteiger partial charge in [-0.05, 0) is 48.0 Å². The molecule has 3 aromatic rings. The van der Waals surface area contributed by atoms with Gasteiger partial charge in [0.25, 0.3) is 11.8 Å². The van der Waals surface area contributed by atoms with Crippen LogP contribution in [0.5, 0.6) is 0 Å². The van der Waals surface area contributed by atoms with Crippen molar-refractivity contribution in [2.45, 2.75) is 6.54 Å². The van der Waals surface area contributed by atoms with Crippen molar-refractivity contribution < 1.29 is 14.0 Å². The van der Waals surface area contributed by atoms with Crippen molar-refractivity contribution in [1.82, 2.24) is 5.32 Å². The molecule has 0 fully saturated rings. The highest BCUT2D eigenvalue weighted by Gasteiger charge is 2.11. The number of nitrogens with one attached hydrogen (secondary N) is 2. The first-order valence-electron chi connectivity index (χ1n) is 7.70. The van der Waals surface area contributed by atoms with E-state index in [0.29, 0.717) is 22.8 Å². The summed E-state index contributed by atoms with van der Waals surface area (Å²) in [6, 6.07) is 15.5. The minimum absolute atomic E-state index is 0.243. The molecule has 5 nitrogen and oxygen atoms in total. The second-order valence-corrected chi connectivity index (χ2v) is 6.76. The summed E-state index contributed by atoms with van der Waals surface area (Å²) in [5.74, 6) is -0.327. The lowest BCUT2D eigenvalue weighted by molar-refractivity contribution is 0.0950. The van der Waals surface area contributed by atoms with Crippen LogP contribution in [0, 0.1) is 0 Å². The standard InChI is InChI=1S/C19H14BrClN2O3/c20-13-5-8-15(16(21)10-13)18(24)22-11-12-3-6-14(7-4-12)23-19(25)17-2-1-9-26-17/h1-10H,11H2,(H,22,24)(H,23,25). The number of rotatable bonds is 5. The molecule has 7 heteroatoms. The Kier molecular flexibility index (Phi) is 5.75. The van der Waals surface area contributed by atoms with Crippen LogP contribution < -0.4 is 10.6 Å². The molecule has 0 saturated heterocycles. The van der Waals surface area contributed by atoms with E-state index in [-0.39, 0.29) is 17.6 Å². The maximum atomic E-state index is 12.2. The summed E-state index contributed by atoms with van der Waals surface area (Å²) in [5, 5.41) is 5.93. The second-order valence-electron chi connectivity index (χ2n) is 5.44. The van der Waals surface area contributed by atoms with Gasteiger partial charge in [-0.3, -0.25) is 9.59 Å². The average molecular weight is 434 g/mol. The predicted octanol–water partition coefficient (Wildman–Crippen LogP) is 4.88. The Hall–Kier alpha value is -2.57. The summed E-state index contributed by atoms with van der Waals surface area (Å²) < 4.78 is 5.85. The van der Waals surface area contributed by atoms with E-state index in [1.54, 1.807) is 42.5 Å². The quantitative estimate of drug-likeness (QED) is 0.602. The van der Waals surface area contributed by atoms with Crippen LogP contribution in [0.3, 0.4) is 0 Å². The highest BCUT2D eigenvalue weighted by Crippen LogP contribution is 2.21. The van der Waals surface area contributed by atoms with Gasteiger partial charge in [-0.25, -0.2) is 0 Å². The molecule has 132 valence electrons. The number of anilines is 1. The van der Waals surface area contributed by atoms with Crippen LogP contribution in [-0.4, -0.2) is 11.8 Å². The van der Waals surface area contributed by atoms with Gasteiger partial charge in [0, 0.05) is 16.7 Å². The Morgan fingerprint density at radius 2 is 1.81 bits per heavy atom. The number of benzene rings is 2. The van der Waals surface area contributed by atoms with Gasteiger partial charge in [0.15, 0.2) is 5.76 Å². The normalized spacial score (nSPS) is 10.4.